The van der Waals surface area contributed by atoms with E-state index in [2.05, 4.69) is 25.8 Å². The molecule has 9 heteroatoms. The van der Waals surface area contributed by atoms with Crippen LogP contribution in [-0.2, 0) is 21.3 Å². The summed E-state index contributed by atoms with van der Waals surface area (Å²) >= 11 is 0. The monoisotopic (exact) mass is 452 g/mol. The Kier molecular flexibility index (Phi) is 8.64. The number of benzene rings is 1. The van der Waals surface area contributed by atoms with Crippen molar-refractivity contribution in [3.05, 3.63) is 62.9 Å². The largest absolute Gasteiger partial charge is 0.493 e. The van der Waals surface area contributed by atoms with Gasteiger partial charge >= 0.3 is 5.69 Å². The number of nitrogens with one attached hydrogen (secondary N) is 1. The van der Waals surface area contributed by atoms with Crippen LogP contribution in [0.4, 0.5) is 0 Å². The molecule has 172 valence electrons. The van der Waals surface area contributed by atoms with Crippen LogP contribution >= 0.6 is 0 Å². The van der Waals surface area contributed by atoms with Crippen LogP contribution in [0, 0.1) is 5.41 Å². The normalized spacial score (nSPS) is 13.2. The van der Waals surface area contributed by atoms with Crippen molar-refractivity contribution >= 4 is 9.84 Å². The minimum absolute atomic E-state index is 0.00191. The maximum absolute atomic E-state index is 12.5. The molecule has 1 heterocycles. The Balaban J connectivity index is 1.81. The van der Waals surface area contributed by atoms with E-state index in [9.17, 15) is 18.0 Å². The summed E-state index contributed by atoms with van der Waals surface area (Å²) in [6.45, 7) is 8.88. The van der Waals surface area contributed by atoms with Gasteiger partial charge in [-0.25, -0.2) is 13.2 Å². The first-order valence-corrected chi connectivity index (χ1v) is 12.1. The molecule has 0 amide bonds. The Bertz CT molecular complexity index is 1070. The van der Waals surface area contributed by atoms with Crippen LogP contribution in [0.1, 0.15) is 45.6 Å². The van der Waals surface area contributed by atoms with Gasteiger partial charge in [0.05, 0.1) is 18.1 Å². The molecular formula is C22H32N2O6S. The van der Waals surface area contributed by atoms with Crippen LogP contribution in [0.25, 0.3) is 0 Å². The molecule has 31 heavy (non-hydrogen) atoms. The Morgan fingerprint density at radius 2 is 1.90 bits per heavy atom. The van der Waals surface area contributed by atoms with Crippen LogP contribution in [0.5, 0.6) is 5.75 Å². The van der Waals surface area contributed by atoms with Gasteiger partial charge < -0.3 is 9.47 Å². The van der Waals surface area contributed by atoms with Crippen LogP contribution in [-0.4, -0.2) is 42.7 Å². The maximum atomic E-state index is 12.5. The summed E-state index contributed by atoms with van der Waals surface area (Å²) in [6, 6.07) is 8.79. The summed E-state index contributed by atoms with van der Waals surface area (Å²) in [5, 5.41) is 0. The standard InChI is InChI=1S/C22H32N2O6S/c1-17(18-7-5-8-19(13-18)30-15-22(2,3)4)14-31(27,28)12-6-11-29-16-24-10-9-20(25)23-21(24)26/h5,7-10,13,17H,6,11-12,14-16H2,1-4H3,(H,23,25,26)/t17-/m0/s1. The lowest BCUT2D eigenvalue weighted by molar-refractivity contribution is 0.0745. The van der Waals surface area contributed by atoms with Crippen molar-refractivity contribution in [2.45, 2.75) is 46.8 Å². The van der Waals surface area contributed by atoms with Crippen molar-refractivity contribution in [2.24, 2.45) is 5.41 Å². The fourth-order valence-electron chi connectivity index (χ4n) is 2.86. The first-order valence-electron chi connectivity index (χ1n) is 10.3. The zero-order chi connectivity index (χ0) is 23.1. The number of hydrogen-bond acceptors (Lipinski definition) is 6. The lowest BCUT2D eigenvalue weighted by atomic mass is 9.98. The van der Waals surface area contributed by atoms with Crippen molar-refractivity contribution < 1.29 is 17.9 Å². The van der Waals surface area contributed by atoms with Gasteiger partial charge in [-0.15, -0.1) is 0 Å². The molecule has 1 aromatic carbocycles. The molecule has 2 aromatic rings. The lowest BCUT2D eigenvalue weighted by Gasteiger charge is -2.20. The van der Waals surface area contributed by atoms with E-state index in [1.54, 1.807) is 0 Å². The van der Waals surface area contributed by atoms with Crippen molar-refractivity contribution in [2.75, 3.05) is 24.7 Å². The maximum Gasteiger partial charge on any atom is 0.330 e. The average Bonchev–Trinajstić information content (AvgIpc) is 2.67. The molecule has 0 aliphatic heterocycles. The molecule has 0 fully saturated rings. The van der Waals surface area contributed by atoms with E-state index in [-0.39, 0.29) is 36.2 Å². The molecule has 0 aliphatic rings. The first-order chi connectivity index (χ1) is 14.5. The number of nitrogens with zero attached hydrogens (tertiary/aromatic N) is 1. The van der Waals surface area contributed by atoms with E-state index in [1.807, 2.05) is 31.2 Å². The number of rotatable bonds is 11. The Hall–Kier alpha value is -2.39. The van der Waals surface area contributed by atoms with Crippen molar-refractivity contribution in [1.29, 1.82) is 0 Å². The number of H-pyrrole nitrogens is 1. The molecule has 0 saturated heterocycles. The van der Waals surface area contributed by atoms with E-state index in [4.69, 9.17) is 9.47 Å². The molecule has 0 unspecified atom stereocenters. The van der Waals surface area contributed by atoms with Gasteiger partial charge in [0.15, 0.2) is 9.84 Å². The molecule has 2 rings (SSSR count). The fourth-order valence-corrected chi connectivity index (χ4v) is 4.54. The lowest BCUT2D eigenvalue weighted by Crippen LogP contribution is -2.29. The highest BCUT2D eigenvalue weighted by molar-refractivity contribution is 7.91. The summed E-state index contributed by atoms with van der Waals surface area (Å²) < 4.78 is 37.4. The molecule has 1 aromatic heterocycles. The van der Waals surface area contributed by atoms with Gasteiger partial charge in [0.1, 0.15) is 12.5 Å². The molecule has 0 spiro atoms. The Labute approximate surface area is 183 Å². The van der Waals surface area contributed by atoms with Gasteiger partial charge in [0.2, 0.25) is 0 Å². The summed E-state index contributed by atoms with van der Waals surface area (Å²) in [5.41, 5.74) is -0.0856. The summed E-state index contributed by atoms with van der Waals surface area (Å²) in [4.78, 5) is 24.7. The third kappa shape index (κ3) is 9.10. The van der Waals surface area contributed by atoms with Gasteiger partial charge in [0, 0.05) is 18.9 Å². The minimum Gasteiger partial charge on any atom is -0.493 e. The minimum atomic E-state index is -3.27. The summed E-state index contributed by atoms with van der Waals surface area (Å²) in [7, 11) is -3.27. The third-order valence-electron chi connectivity index (χ3n) is 4.47. The zero-order valence-corrected chi connectivity index (χ0v) is 19.4. The molecule has 1 atom stereocenters. The SMILES string of the molecule is C[C@@H](CS(=O)(=O)CCCOCn1ccc(=O)[nH]c1=O)c1cccc(OCC(C)(C)C)c1. The summed E-state index contributed by atoms with van der Waals surface area (Å²) in [6.07, 6.45) is 1.65. The number of aromatic amines is 1. The number of hydrogen-bond donors (Lipinski definition) is 1. The van der Waals surface area contributed by atoms with Crippen LogP contribution in [0.2, 0.25) is 0 Å². The molecule has 0 saturated carbocycles. The van der Waals surface area contributed by atoms with Crippen LogP contribution in [0.3, 0.4) is 0 Å². The quantitative estimate of drug-likeness (QED) is 0.525. The highest BCUT2D eigenvalue weighted by Crippen LogP contribution is 2.24. The van der Waals surface area contributed by atoms with Gasteiger partial charge in [-0.3, -0.25) is 14.3 Å². The molecule has 0 aliphatic carbocycles. The smallest absolute Gasteiger partial charge is 0.330 e. The van der Waals surface area contributed by atoms with Crippen molar-refractivity contribution in [1.82, 2.24) is 9.55 Å². The van der Waals surface area contributed by atoms with Crippen LogP contribution < -0.4 is 16.0 Å². The van der Waals surface area contributed by atoms with E-state index in [0.717, 1.165) is 11.3 Å². The Morgan fingerprint density at radius 1 is 1.16 bits per heavy atom. The zero-order valence-electron chi connectivity index (χ0n) is 18.6. The van der Waals surface area contributed by atoms with E-state index in [0.29, 0.717) is 13.0 Å². The van der Waals surface area contributed by atoms with Gasteiger partial charge in [-0.1, -0.05) is 39.8 Å². The molecule has 0 radical (unpaired) electrons. The molecular weight excluding hydrogens is 420 g/mol. The van der Waals surface area contributed by atoms with Crippen molar-refractivity contribution in [3.8, 4) is 5.75 Å². The molecule has 8 nitrogen and oxygen atoms in total. The average molecular weight is 453 g/mol. The van der Waals surface area contributed by atoms with Gasteiger partial charge in [-0.2, -0.15) is 0 Å². The second-order valence-electron chi connectivity index (χ2n) is 8.91. The number of ether oxygens (including phenoxy) is 2. The van der Waals surface area contributed by atoms with E-state index in [1.165, 1.54) is 16.8 Å². The van der Waals surface area contributed by atoms with Crippen LogP contribution in [0.15, 0.2) is 46.1 Å². The second-order valence-corrected chi connectivity index (χ2v) is 11.1. The molecule has 1 N–H and O–H groups in total. The topological polar surface area (TPSA) is 107 Å². The first kappa shape index (κ1) is 24.9. The number of sulfone groups is 1. The highest BCUT2D eigenvalue weighted by atomic mass is 32.2. The third-order valence-corrected chi connectivity index (χ3v) is 6.39. The predicted molar refractivity (Wildman–Crippen MR) is 120 cm³/mol. The van der Waals surface area contributed by atoms with Gasteiger partial charge in [-0.05, 0) is 35.4 Å². The van der Waals surface area contributed by atoms with E-state index >= 15 is 0 Å². The number of aromatic nitrogens is 2. The predicted octanol–water partition coefficient (Wildman–Crippen LogP) is 2.54. The second kappa shape index (κ2) is 10.8. The Morgan fingerprint density at radius 3 is 2.58 bits per heavy atom. The highest BCUT2D eigenvalue weighted by Gasteiger charge is 2.18. The van der Waals surface area contributed by atoms with Crippen molar-refractivity contribution in [3.63, 3.8) is 0 Å². The molecule has 0 bridgehead atoms. The van der Waals surface area contributed by atoms with Gasteiger partial charge in [0.25, 0.3) is 5.56 Å². The summed E-state index contributed by atoms with van der Waals surface area (Å²) in [5.74, 6) is 0.610. The van der Waals surface area contributed by atoms with E-state index < -0.39 is 21.1 Å². The fraction of sp³-hybridized carbons (Fsp3) is 0.545.